The minimum atomic E-state index is -4.89. The third kappa shape index (κ3) is 4.73. The van der Waals surface area contributed by atoms with Crippen molar-refractivity contribution >= 4 is 11.9 Å². The fourth-order valence-corrected chi connectivity index (χ4v) is 1.51. The number of alkyl halides is 3. The fourth-order valence-electron chi connectivity index (χ4n) is 1.51. The molecule has 2 N–H and O–H groups in total. The first kappa shape index (κ1) is 16.9. The summed E-state index contributed by atoms with van der Waals surface area (Å²) in [6, 6.07) is 1.92. The number of carbonyl (C=O) groups is 2. The predicted molar refractivity (Wildman–Crippen MR) is 65.2 cm³/mol. The average Bonchev–Trinajstić information content (AvgIpc) is 2.37. The van der Waals surface area contributed by atoms with Gasteiger partial charge < -0.3 is 10.4 Å². The van der Waals surface area contributed by atoms with Crippen LogP contribution in [0.2, 0.25) is 0 Å². The Morgan fingerprint density at radius 1 is 1.33 bits per heavy atom. The molecule has 0 saturated heterocycles. The Morgan fingerprint density at radius 2 is 1.95 bits per heavy atom. The molecule has 21 heavy (non-hydrogen) atoms. The van der Waals surface area contributed by atoms with Gasteiger partial charge in [0.05, 0.1) is 11.5 Å². The van der Waals surface area contributed by atoms with E-state index in [0.29, 0.717) is 12.1 Å². The summed E-state index contributed by atoms with van der Waals surface area (Å²) in [7, 11) is 0. The van der Waals surface area contributed by atoms with Crippen LogP contribution in [-0.2, 0) is 11.0 Å². The van der Waals surface area contributed by atoms with Gasteiger partial charge in [0.2, 0.25) is 0 Å². The maximum absolute atomic E-state index is 13.1. The third-order valence-corrected chi connectivity index (χ3v) is 2.82. The van der Waals surface area contributed by atoms with Crippen molar-refractivity contribution in [3.05, 3.63) is 35.1 Å². The second-order valence-corrected chi connectivity index (χ2v) is 4.48. The molecular weight excluding hydrogens is 294 g/mol. The SMILES string of the molecule is CC(CCNC(=O)c1ccc(F)c(C(F)(F)F)c1)C(=O)O. The number of amides is 1. The Hall–Kier alpha value is -2.12. The molecule has 8 heteroatoms. The highest BCUT2D eigenvalue weighted by atomic mass is 19.4. The summed E-state index contributed by atoms with van der Waals surface area (Å²) in [5, 5.41) is 10.9. The molecule has 1 aromatic rings. The van der Waals surface area contributed by atoms with Gasteiger partial charge in [-0.3, -0.25) is 9.59 Å². The molecule has 1 unspecified atom stereocenters. The van der Waals surface area contributed by atoms with Gasteiger partial charge in [-0.05, 0) is 24.6 Å². The molecule has 0 spiro atoms. The standard InChI is InChI=1S/C13H13F4NO3/c1-7(12(20)21)4-5-18-11(19)8-2-3-10(14)9(6-8)13(15,16)17/h2-3,6-7H,4-5H2,1H3,(H,18,19)(H,20,21). The Bertz CT molecular complexity index is 543. The summed E-state index contributed by atoms with van der Waals surface area (Å²) in [6.45, 7) is 1.43. The van der Waals surface area contributed by atoms with Crippen molar-refractivity contribution in [1.29, 1.82) is 0 Å². The van der Waals surface area contributed by atoms with Gasteiger partial charge in [-0.1, -0.05) is 6.92 Å². The van der Waals surface area contributed by atoms with Gasteiger partial charge in [0, 0.05) is 12.1 Å². The van der Waals surface area contributed by atoms with Crippen LogP contribution in [0.3, 0.4) is 0 Å². The lowest BCUT2D eigenvalue weighted by molar-refractivity contribution is -0.141. The van der Waals surface area contributed by atoms with Crippen LogP contribution in [0.4, 0.5) is 17.6 Å². The molecule has 0 bridgehead atoms. The maximum atomic E-state index is 13.1. The van der Waals surface area contributed by atoms with Gasteiger partial charge in [-0.25, -0.2) is 4.39 Å². The van der Waals surface area contributed by atoms with Gasteiger partial charge in [-0.15, -0.1) is 0 Å². The molecule has 1 aromatic carbocycles. The highest BCUT2D eigenvalue weighted by Crippen LogP contribution is 2.31. The lowest BCUT2D eigenvalue weighted by Gasteiger charge is -2.11. The molecule has 0 aliphatic carbocycles. The van der Waals surface area contributed by atoms with Crippen LogP contribution in [0.5, 0.6) is 0 Å². The second-order valence-electron chi connectivity index (χ2n) is 4.48. The van der Waals surface area contributed by atoms with Crippen molar-refractivity contribution in [3.8, 4) is 0 Å². The zero-order chi connectivity index (χ0) is 16.2. The molecule has 0 aromatic heterocycles. The Balaban J connectivity index is 2.73. The van der Waals surface area contributed by atoms with Crippen molar-refractivity contribution in [1.82, 2.24) is 5.32 Å². The van der Waals surface area contributed by atoms with Gasteiger partial charge in [-0.2, -0.15) is 13.2 Å². The number of rotatable bonds is 5. The number of nitrogens with one attached hydrogen (secondary N) is 1. The molecule has 0 heterocycles. The smallest absolute Gasteiger partial charge is 0.419 e. The Labute approximate surface area is 117 Å². The molecule has 0 saturated carbocycles. The quantitative estimate of drug-likeness (QED) is 0.822. The van der Waals surface area contributed by atoms with Gasteiger partial charge in [0.1, 0.15) is 5.82 Å². The minimum Gasteiger partial charge on any atom is -0.481 e. The first-order valence-corrected chi connectivity index (χ1v) is 6.00. The number of carboxylic acid groups (broad SMARTS) is 1. The number of carbonyl (C=O) groups excluding carboxylic acids is 1. The summed E-state index contributed by atoms with van der Waals surface area (Å²) >= 11 is 0. The van der Waals surface area contributed by atoms with E-state index < -0.39 is 35.4 Å². The Kier molecular flexibility index (Phi) is 5.28. The van der Waals surface area contributed by atoms with Gasteiger partial charge >= 0.3 is 12.1 Å². The van der Waals surface area contributed by atoms with E-state index in [-0.39, 0.29) is 18.5 Å². The van der Waals surface area contributed by atoms with E-state index >= 15 is 0 Å². The molecule has 1 atom stereocenters. The summed E-state index contributed by atoms with van der Waals surface area (Å²) in [5.41, 5.74) is -1.86. The van der Waals surface area contributed by atoms with Crippen molar-refractivity contribution in [3.63, 3.8) is 0 Å². The van der Waals surface area contributed by atoms with Crippen LogP contribution in [-0.4, -0.2) is 23.5 Å². The van der Waals surface area contributed by atoms with Crippen molar-refractivity contribution in [2.75, 3.05) is 6.54 Å². The molecule has 116 valence electrons. The van der Waals surface area contributed by atoms with Crippen molar-refractivity contribution < 1.29 is 32.3 Å². The van der Waals surface area contributed by atoms with E-state index in [0.717, 1.165) is 6.07 Å². The largest absolute Gasteiger partial charge is 0.481 e. The normalized spacial score (nSPS) is 12.8. The fraction of sp³-hybridized carbons (Fsp3) is 0.385. The summed E-state index contributed by atoms with van der Waals surface area (Å²) in [5.74, 6) is -4.01. The van der Waals surface area contributed by atoms with Crippen LogP contribution in [0, 0.1) is 11.7 Å². The molecule has 4 nitrogen and oxygen atoms in total. The number of carboxylic acids is 1. The molecule has 1 rings (SSSR count). The molecule has 0 fully saturated rings. The zero-order valence-corrected chi connectivity index (χ0v) is 11.0. The highest BCUT2D eigenvalue weighted by molar-refractivity contribution is 5.94. The molecule has 1 amide bonds. The first-order valence-electron chi connectivity index (χ1n) is 6.00. The van der Waals surface area contributed by atoms with E-state index in [1.165, 1.54) is 6.92 Å². The van der Waals surface area contributed by atoms with Gasteiger partial charge in [0.25, 0.3) is 5.91 Å². The van der Waals surface area contributed by atoms with E-state index in [1.54, 1.807) is 0 Å². The summed E-state index contributed by atoms with van der Waals surface area (Å²) < 4.78 is 50.6. The van der Waals surface area contributed by atoms with Crippen LogP contribution in [0.1, 0.15) is 29.3 Å². The van der Waals surface area contributed by atoms with Crippen molar-refractivity contribution in [2.45, 2.75) is 19.5 Å². The number of hydrogen-bond acceptors (Lipinski definition) is 2. The number of benzene rings is 1. The van der Waals surface area contributed by atoms with Crippen LogP contribution in [0.25, 0.3) is 0 Å². The predicted octanol–water partition coefficient (Wildman–Crippen LogP) is 2.69. The average molecular weight is 307 g/mol. The second kappa shape index (κ2) is 6.55. The van der Waals surface area contributed by atoms with Crippen molar-refractivity contribution in [2.24, 2.45) is 5.92 Å². The lowest BCUT2D eigenvalue weighted by atomic mass is 10.1. The monoisotopic (exact) mass is 307 g/mol. The minimum absolute atomic E-state index is 0.00890. The van der Waals surface area contributed by atoms with E-state index in [9.17, 15) is 27.2 Å². The number of halogens is 4. The maximum Gasteiger partial charge on any atom is 0.419 e. The molecular formula is C13H13F4NO3. The Morgan fingerprint density at radius 3 is 2.48 bits per heavy atom. The third-order valence-electron chi connectivity index (χ3n) is 2.82. The highest BCUT2D eigenvalue weighted by Gasteiger charge is 2.34. The summed E-state index contributed by atoms with van der Waals surface area (Å²) in [4.78, 5) is 22.2. The first-order chi connectivity index (χ1) is 9.62. The number of aliphatic carboxylic acids is 1. The van der Waals surface area contributed by atoms with E-state index in [1.807, 2.05) is 0 Å². The van der Waals surface area contributed by atoms with E-state index in [2.05, 4.69) is 5.32 Å². The van der Waals surface area contributed by atoms with Crippen LogP contribution in [0.15, 0.2) is 18.2 Å². The van der Waals surface area contributed by atoms with Crippen LogP contribution < -0.4 is 5.32 Å². The number of hydrogen-bond donors (Lipinski definition) is 2. The molecule has 0 aliphatic rings. The zero-order valence-electron chi connectivity index (χ0n) is 11.0. The van der Waals surface area contributed by atoms with E-state index in [4.69, 9.17) is 5.11 Å². The lowest BCUT2D eigenvalue weighted by Crippen LogP contribution is -2.27. The van der Waals surface area contributed by atoms with Crippen LogP contribution >= 0.6 is 0 Å². The molecule has 0 aliphatic heterocycles. The van der Waals surface area contributed by atoms with Gasteiger partial charge in [0.15, 0.2) is 0 Å². The summed E-state index contributed by atoms with van der Waals surface area (Å²) in [6.07, 6.45) is -4.76. The topological polar surface area (TPSA) is 66.4 Å². The molecule has 0 radical (unpaired) electrons.